The molecule has 524 valence electrons. The minimum atomic E-state index is 0.637. The van der Waals surface area contributed by atoms with Gasteiger partial charge in [0.15, 0.2) is 34.9 Å². The zero-order valence-corrected chi connectivity index (χ0v) is 60.3. The van der Waals surface area contributed by atoms with Gasteiger partial charge in [-0.05, 0) is 148 Å². The Morgan fingerprint density at radius 2 is 0.411 bits per heavy atom. The van der Waals surface area contributed by atoms with Crippen LogP contribution in [0, 0.1) is 0 Å². The van der Waals surface area contributed by atoms with Crippen molar-refractivity contribution in [2.45, 2.75) is 0 Å². The van der Waals surface area contributed by atoms with E-state index in [1.807, 2.05) is 146 Å². The number of fused-ring (bicyclic) bond motifs is 12. The number of hydrogen-bond acceptors (Lipinski definition) is 8. The van der Waals surface area contributed by atoms with E-state index in [1.54, 1.807) is 0 Å². The van der Waals surface area contributed by atoms with Crippen molar-refractivity contribution in [3.8, 4) is 124 Å². The van der Waals surface area contributed by atoms with Gasteiger partial charge < -0.3 is 18.0 Å². The van der Waals surface area contributed by atoms with E-state index in [2.05, 4.69) is 252 Å². The molecular formula is C102H64N8O2. The van der Waals surface area contributed by atoms with Gasteiger partial charge >= 0.3 is 0 Å². The summed E-state index contributed by atoms with van der Waals surface area (Å²) in [7, 11) is 0. The van der Waals surface area contributed by atoms with Crippen LogP contribution in [0.25, 0.3) is 212 Å². The van der Waals surface area contributed by atoms with Crippen molar-refractivity contribution >= 4 is 87.5 Å². The van der Waals surface area contributed by atoms with Gasteiger partial charge in [0.2, 0.25) is 0 Å². The van der Waals surface area contributed by atoms with E-state index >= 15 is 0 Å². The van der Waals surface area contributed by atoms with Crippen molar-refractivity contribution in [2.24, 2.45) is 0 Å². The lowest BCUT2D eigenvalue weighted by molar-refractivity contribution is 0.668. The third-order valence-electron chi connectivity index (χ3n) is 21.3. The van der Waals surface area contributed by atoms with Crippen molar-refractivity contribution in [1.29, 1.82) is 0 Å². The van der Waals surface area contributed by atoms with Gasteiger partial charge in [-0.15, -0.1) is 0 Å². The minimum absolute atomic E-state index is 0.637. The highest BCUT2D eigenvalue weighted by atomic mass is 16.3. The Kier molecular flexibility index (Phi) is 16.0. The fraction of sp³-hybridized carbons (Fsp3) is 0. The van der Waals surface area contributed by atoms with E-state index in [0.717, 1.165) is 150 Å². The molecule has 0 spiro atoms. The zero-order chi connectivity index (χ0) is 74.0. The van der Waals surface area contributed by atoms with Crippen LogP contribution in [0.1, 0.15) is 0 Å². The Hall–Kier alpha value is -15.3. The van der Waals surface area contributed by atoms with Gasteiger partial charge in [-0.1, -0.05) is 285 Å². The van der Waals surface area contributed by atoms with E-state index < -0.39 is 0 Å². The number of aromatic nitrogens is 8. The molecular weight excluding hydrogens is 1370 g/mol. The Balaban J connectivity index is 0.000000141. The second-order valence-electron chi connectivity index (χ2n) is 28.1. The zero-order valence-electron chi connectivity index (χ0n) is 60.3. The third kappa shape index (κ3) is 11.9. The average molecular weight is 1430 g/mol. The van der Waals surface area contributed by atoms with E-state index in [0.29, 0.717) is 34.9 Å². The first kappa shape index (κ1) is 65.1. The summed E-state index contributed by atoms with van der Waals surface area (Å²) in [4.78, 5) is 29.5. The van der Waals surface area contributed by atoms with E-state index in [-0.39, 0.29) is 0 Å². The number of para-hydroxylation sites is 4. The van der Waals surface area contributed by atoms with Crippen LogP contribution in [-0.2, 0) is 0 Å². The maximum absolute atomic E-state index is 6.19. The molecule has 6 aromatic heterocycles. The summed E-state index contributed by atoms with van der Waals surface area (Å²) < 4.78 is 17.1. The van der Waals surface area contributed by atoms with Gasteiger partial charge in [-0.25, -0.2) is 29.9 Å². The Bertz CT molecular complexity index is 7220. The lowest BCUT2D eigenvalue weighted by atomic mass is 10.0. The summed E-state index contributed by atoms with van der Waals surface area (Å²) >= 11 is 0. The molecule has 0 atom stereocenters. The summed E-state index contributed by atoms with van der Waals surface area (Å²) in [5, 5.41) is 9.39. The molecule has 112 heavy (non-hydrogen) atoms. The number of nitrogens with zero attached hydrogens (tertiary/aromatic N) is 8. The van der Waals surface area contributed by atoms with Crippen LogP contribution >= 0.6 is 0 Å². The quantitative estimate of drug-likeness (QED) is 0.119. The van der Waals surface area contributed by atoms with Crippen LogP contribution in [0.2, 0.25) is 0 Å². The predicted molar refractivity (Wildman–Crippen MR) is 457 cm³/mol. The molecule has 0 saturated heterocycles. The van der Waals surface area contributed by atoms with Crippen LogP contribution in [0.4, 0.5) is 0 Å². The molecule has 0 unspecified atom stereocenters. The molecule has 0 amide bonds. The monoisotopic (exact) mass is 1430 g/mol. The van der Waals surface area contributed by atoms with Crippen LogP contribution in [0.15, 0.2) is 397 Å². The molecule has 0 aliphatic heterocycles. The van der Waals surface area contributed by atoms with Crippen LogP contribution in [0.5, 0.6) is 0 Å². The molecule has 22 rings (SSSR count). The van der Waals surface area contributed by atoms with Crippen molar-refractivity contribution in [3.05, 3.63) is 388 Å². The molecule has 0 radical (unpaired) electrons. The molecule has 0 fully saturated rings. The van der Waals surface area contributed by atoms with Gasteiger partial charge in [0, 0.05) is 87.8 Å². The van der Waals surface area contributed by atoms with Crippen molar-refractivity contribution in [1.82, 2.24) is 39.0 Å². The first-order valence-electron chi connectivity index (χ1n) is 37.5. The molecule has 6 heterocycles. The van der Waals surface area contributed by atoms with Crippen molar-refractivity contribution < 1.29 is 8.83 Å². The van der Waals surface area contributed by atoms with Crippen LogP contribution in [0.3, 0.4) is 0 Å². The minimum Gasteiger partial charge on any atom is -0.456 e. The van der Waals surface area contributed by atoms with E-state index in [4.69, 9.17) is 38.7 Å². The average Bonchev–Trinajstić information content (AvgIpc) is 1.59. The van der Waals surface area contributed by atoms with Gasteiger partial charge in [0.05, 0.1) is 22.1 Å². The molecule has 10 heteroatoms. The summed E-state index contributed by atoms with van der Waals surface area (Å²) in [6.07, 6.45) is 0. The Morgan fingerprint density at radius 1 is 0.152 bits per heavy atom. The van der Waals surface area contributed by atoms with Crippen LogP contribution < -0.4 is 0 Å². The van der Waals surface area contributed by atoms with Gasteiger partial charge in [0.25, 0.3) is 0 Å². The van der Waals surface area contributed by atoms with Gasteiger partial charge in [-0.3, -0.25) is 0 Å². The standard InChI is InChI=1S/2C51H32N4O/c1-3-12-34(13-4-1)49-52-50(35-14-5-2-6-15-35)54-51(53-49)39-17-11-16-36(30-39)37-25-29-46-44(31-37)41-18-7-9-20-45(41)55(46)40-26-22-33(23-27-40)38-24-28-43-42-19-8-10-21-47(42)56-48(43)32-38;1-3-11-35(12-4-1)49-52-50(36-13-5-2-6-14-36)54-51(53-49)37-21-19-33(20-22-37)38-26-30-46-44(31-38)41-15-7-9-17-45(41)55(46)40-27-23-34(24-28-40)39-25-29-43-42-16-8-10-18-47(42)56-48(43)32-39/h2*1-32H. The highest BCUT2D eigenvalue weighted by molar-refractivity contribution is 6.13. The highest BCUT2D eigenvalue weighted by Crippen LogP contribution is 2.41. The SMILES string of the molecule is c1ccc(-c2nc(-c3ccccc3)nc(-c3ccc(-c4ccc5c(c4)c4ccccc4n5-c4ccc(-c5ccc6c(c5)oc5ccccc56)cc4)cc3)n2)cc1.c1ccc(-c2nc(-c3ccccc3)nc(-c3cccc(-c4ccc5c(c4)c4ccccc4n5-c4ccc(-c5ccc6c(c5)oc5ccccc56)cc4)c3)n2)cc1. The number of benzene rings is 16. The summed E-state index contributed by atoms with van der Waals surface area (Å²) in [5.74, 6) is 3.88. The molecule has 22 aromatic rings. The molecule has 16 aromatic carbocycles. The molecule has 0 aliphatic carbocycles. The highest BCUT2D eigenvalue weighted by Gasteiger charge is 2.21. The first-order valence-corrected chi connectivity index (χ1v) is 37.5. The van der Waals surface area contributed by atoms with Crippen LogP contribution in [-0.4, -0.2) is 39.0 Å². The summed E-state index contributed by atoms with van der Waals surface area (Å²) in [5.41, 5.74) is 25.2. The van der Waals surface area contributed by atoms with Gasteiger partial charge in [0.1, 0.15) is 22.3 Å². The van der Waals surface area contributed by atoms with E-state index in [9.17, 15) is 0 Å². The molecule has 0 saturated carbocycles. The fourth-order valence-corrected chi connectivity index (χ4v) is 15.8. The Morgan fingerprint density at radius 3 is 0.821 bits per heavy atom. The largest absolute Gasteiger partial charge is 0.456 e. The predicted octanol–water partition coefficient (Wildman–Crippen LogP) is 26.4. The van der Waals surface area contributed by atoms with Crippen molar-refractivity contribution in [3.63, 3.8) is 0 Å². The maximum atomic E-state index is 6.19. The first-order chi connectivity index (χ1) is 55.5. The second kappa shape index (κ2) is 27.5. The topological polar surface area (TPSA) is 113 Å². The fourth-order valence-electron chi connectivity index (χ4n) is 15.8. The number of hydrogen-bond donors (Lipinski definition) is 0. The third-order valence-corrected chi connectivity index (χ3v) is 21.3. The van der Waals surface area contributed by atoms with Crippen molar-refractivity contribution in [2.75, 3.05) is 0 Å². The molecule has 0 aliphatic rings. The normalized spacial score (nSPS) is 11.6. The lowest BCUT2D eigenvalue weighted by Gasteiger charge is -2.11. The number of rotatable bonds is 12. The molecule has 10 nitrogen and oxygen atoms in total. The Labute approximate surface area is 643 Å². The van der Waals surface area contributed by atoms with E-state index in [1.165, 1.54) is 27.1 Å². The van der Waals surface area contributed by atoms with Gasteiger partial charge in [-0.2, -0.15) is 0 Å². The molecule has 0 N–H and O–H groups in total. The number of furan rings is 2. The smallest absolute Gasteiger partial charge is 0.164 e. The maximum Gasteiger partial charge on any atom is 0.164 e. The molecule has 0 bridgehead atoms. The second-order valence-corrected chi connectivity index (χ2v) is 28.1. The summed E-state index contributed by atoms with van der Waals surface area (Å²) in [6.45, 7) is 0. The lowest BCUT2D eigenvalue weighted by Crippen LogP contribution is -2.00. The summed E-state index contributed by atoms with van der Waals surface area (Å²) in [6, 6.07) is 135.